The van der Waals surface area contributed by atoms with Gasteiger partial charge >= 0.3 is 0 Å². The van der Waals surface area contributed by atoms with Crippen molar-refractivity contribution in [2.24, 2.45) is 5.73 Å². The maximum atomic E-state index is 5.69. The average Bonchev–Trinajstić information content (AvgIpc) is 3.02. The molecule has 0 saturated heterocycles. The summed E-state index contributed by atoms with van der Waals surface area (Å²) < 4.78 is 2.13. The van der Waals surface area contributed by atoms with Gasteiger partial charge in [0.15, 0.2) is 5.13 Å². The van der Waals surface area contributed by atoms with E-state index in [4.69, 9.17) is 5.73 Å². The molecule has 0 amide bonds. The molecule has 5 heteroatoms. The normalized spacial score (nSPS) is 11.3. The minimum absolute atomic E-state index is 0.593. The zero-order valence-corrected chi connectivity index (χ0v) is 11.7. The van der Waals surface area contributed by atoms with E-state index in [1.807, 2.05) is 18.2 Å². The quantitative estimate of drug-likeness (QED) is 0.794. The molecule has 1 aromatic carbocycles. The van der Waals surface area contributed by atoms with E-state index in [1.54, 1.807) is 11.3 Å². The maximum Gasteiger partial charge on any atom is 0.195 e. The second kappa shape index (κ2) is 5.11. The topological polar surface area (TPSA) is 56.7 Å². The number of hydrogen-bond acceptors (Lipinski definition) is 4. The highest BCUT2D eigenvalue weighted by Crippen LogP contribution is 2.24. The smallest absolute Gasteiger partial charge is 0.195 e. The Bertz CT molecular complexity index is 698. The molecule has 0 bridgehead atoms. The lowest BCUT2D eigenvalue weighted by atomic mass is 10.3. The van der Waals surface area contributed by atoms with E-state index in [0.29, 0.717) is 6.54 Å². The van der Waals surface area contributed by atoms with E-state index in [0.717, 1.165) is 40.5 Å². The SMILES string of the molecule is CCc1csc(-n2c(CCN)nc3ccccc32)n1. The number of thiazole rings is 1. The molecule has 2 aromatic heterocycles. The van der Waals surface area contributed by atoms with Crippen molar-refractivity contribution in [1.29, 1.82) is 0 Å². The Kier molecular flexibility index (Phi) is 3.31. The molecule has 3 aromatic rings. The fraction of sp³-hybridized carbons (Fsp3) is 0.286. The third-order valence-electron chi connectivity index (χ3n) is 3.09. The summed E-state index contributed by atoms with van der Waals surface area (Å²) in [4.78, 5) is 9.33. The van der Waals surface area contributed by atoms with Crippen molar-refractivity contribution in [2.75, 3.05) is 6.54 Å². The van der Waals surface area contributed by atoms with Crippen molar-refractivity contribution in [2.45, 2.75) is 19.8 Å². The molecule has 0 aliphatic rings. The van der Waals surface area contributed by atoms with Crippen LogP contribution in [0.4, 0.5) is 0 Å². The zero-order chi connectivity index (χ0) is 13.2. The Balaban J connectivity index is 2.21. The third kappa shape index (κ3) is 2.15. The number of benzene rings is 1. The maximum absolute atomic E-state index is 5.69. The van der Waals surface area contributed by atoms with Gasteiger partial charge in [-0.2, -0.15) is 0 Å². The second-order valence-electron chi connectivity index (χ2n) is 4.37. The van der Waals surface area contributed by atoms with Crippen molar-refractivity contribution in [3.8, 4) is 5.13 Å². The fourth-order valence-electron chi connectivity index (χ4n) is 2.15. The van der Waals surface area contributed by atoms with Gasteiger partial charge in [-0.1, -0.05) is 19.1 Å². The van der Waals surface area contributed by atoms with Crippen LogP contribution in [0.1, 0.15) is 18.4 Å². The van der Waals surface area contributed by atoms with Gasteiger partial charge in [0.2, 0.25) is 0 Å². The summed E-state index contributed by atoms with van der Waals surface area (Å²) in [6.45, 7) is 2.71. The Morgan fingerprint density at radius 3 is 2.84 bits per heavy atom. The van der Waals surface area contributed by atoms with Crippen LogP contribution in [0, 0.1) is 0 Å². The van der Waals surface area contributed by atoms with Crippen LogP contribution in [-0.2, 0) is 12.8 Å². The van der Waals surface area contributed by atoms with Gasteiger partial charge in [-0.15, -0.1) is 11.3 Å². The monoisotopic (exact) mass is 272 g/mol. The molecule has 19 heavy (non-hydrogen) atoms. The number of imidazole rings is 1. The fourth-order valence-corrected chi connectivity index (χ4v) is 3.09. The summed E-state index contributed by atoms with van der Waals surface area (Å²) in [6.07, 6.45) is 1.71. The molecule has 0 spiro atoms. The Hall–Kier alpha value is -1.72. The van der Waals surface area contributed by atoms with Crippen molar-refractivity contribution < 1.29 is 0 Å². The van der Waals surface area contributed by atoms with Crippen LogP contribution in [0.15, 0.2) is 29.6 Å². The first-order valence-corrected chi connectivity index (χ1v) is 7.32. The Labute approximate surface area is 115 Å². The summed E-state index contributed by atoms with van der Waals surface area (Å²) in [5.74, 6) is 0.987. The van der Waals surface area contributed by atoms with Gasteiger partial charge in [-0.05, 0) is 25.1 Å². The van der Waals surface area contributed by atoms with Crippen molar-refractivity contribution in [1.82, 2.24) is 14.5 Å². The first kappa shape index (κ1) is 12.3. The molecule has 2 heterocycles. The molecule has 0 aliphatic carbocycles. The van der Waals surface area contributed by atoms with Crippen LogP contribution < -0.4 is 5.73 Å². The van der Waals surface area contributed by atoms with Crippen molar-refractivity contribution in [3.05, 3.63) is 41.2 Å². The number of aryl methyl sites for hydroxylation is 1. The lowest BCUT2D eigenvalue weighted by Crippen LogP contribution is -2.08. The van der Waals surface area contributed by atoms with E-state index >= 15 is 0 Å². The lowest BCUT2D eigenvalue weighted by Gasteiger charge is -2.04. The average molecular weight is 272 g/mol. The van der Waals surface area contributed by atoms with Crippen molar-refractivity contribution >= 4 is 22.4 Å². The molecule has 0 saturated carbocycles. The summed E-state index contributed by atoms with van der Waals surface area (Å²) in [6, 6.07) is 8.14. The van der Waals surface area contributed by atoms with Gasteiger partial charge in [-0.3, -0.25) is 4.57 Å². The van der Waals surface area contributed by atoms with Crippen LogP contribution in [0.3, 0.4) is 0 Å². The van der Waals surface area contributed by atoms with Gasteiger partial charge in [-0.25, -0.2) is 9.97 Å². The van der Waals surface area contributed by atoms with Crippen LogP contribution in [-0.4, -0.2) is 21.1 Å². The molecule has 3 rings (SSSR count). The number of rotatable bonds is 4. The third-order valence-corrected chi connectivity index (χ3v) is 3.97. The predicted octanol–water partition coefficient (Wildman–Crippen LogP) is 2.55. The summed E-state index contributed by atoms with van der Waals surface area (Å²) in [7, 11) is 0. The molecule has 0 aliphatic heterocycles. The summed E-state index contributed by atoms with van der Waals surface area (Å²) >= 11 is 1.66. The molecule has 2 N–H and O–H groups in total. The zero-order valence-electron chi connectivity index (χ0n) is 10.8. The van der Waals surface area contributed by atoms with Crippen LogP contribution in [0.5, 0.6) is 0 Å². The highest BCUT2D eigenvalue weighted by atomic mass is 32.1. The molecule has 0 atom stereocenters. The minimum atomic E-state index is 0.593. The Morgan fingerprint density at radius 2 is 2.11 bits per heavy atom. The van der Waals surface area contributed by atoms with E-state index in [-0.39, 0.29) is 0 Å². The number of fused-ring (bicyclic) bond motifs is 1. The van der Waals surface area contributed by atoms with E-state index in [1.165, 1.54) is 0 Å². The van der Waals surface area contributed by atoms with Gasteiger partial charge in [0.05, 0.1) is 16.7 Å². The minimum Gasteiger partial charge on any atom is -0.330 e. The summed E-state index contributed by atoms with van der Waals surface area (Å²) in [5.41, 5.74) is 8.91. The van der Waals surface area contributed by atoms with E-state index in [2.05, 4.69) is 32.9 Å². The van der Waals surface area contributed by atoms with Gasteiger partial charge in [0.1, 0.15) is 5.82 Å². The number of para-hydroxylation sites is 2. The first-order valence-electron chi connectivity index (χ1n) is 6.44. The Morgan fingerprint density at radius 1 is 1.26 bits per heavy atom. The number of hydrogen-bond donors (Lipinski definition) is 1. The van der Waals surface area contributed by atoms with E-state index in [9.17, 15) is 0 Å². The molecular formula is C14H16N4S. The largest absolute Gasteiger partial charge is 0.330 e. The highest BCUT2D eigenvalue weighted by Gasteiger charge is 2.13. The molecule has 0 fully saturated rings. The molecule has 4 nitrogen and oxygen atoms in total. The number of nitrogens with two attached hydrogens (primary N) is 1. The predicted molar refractivity (Wildman–Crippen MR) is 78.9 cm³/mol. The van der Waals surface area contributed by atoms with Gasteiger partial charge < -0.3 is 5.73 Å². The molecule has 98 valence electrons. The van der Waals surface area contributed by atoms with Crippen molar-refractivity contribution in [3.63, 3.8) is 0 Å². The van der Waals surface area contributed by atoms with Crippen LogP contribution in [0.2, 0.25) is 0 Å². The molecule has 0 radical (unpaired) electrons. The number of nitrogens with zero attached hydrogens (tertiary/aromatic N) is 3. The second-order valence-corrected chi connectivity index (χ2v) is 5.20. The van der Waals surface area contributed by atoms with Crippen LogP contribution in [0.25, 0.3) is 16.2 Å². The number of aromatic nitrogens is 3. The highest BCUT2D eigenvalue weighted by molar-refractivity contribution is 7.12. The van der Waals surface area contributed by atoms with E-state index < -0.39 is 0 Å². The first-order chi connectivity index (χ1) is 9.33. The lowest BCUT2D eigenvalue weighted by molar-refractivity contribution is 0.841. The molecular weight excluding hydrogens is 256 g/mol. The molecule has 0 unspecified atom stereocenters. The van der Waals surface area contributed by atoms with Gasteiger partial charge in [0.25, 0.3) is 0 Å². The van der Waals surface area contributed by atoms with Gasteiger partial charge in [0, 0.05) is 11.8 Å². The standard InChI is InChI=1S/C14H16N4S/c1-2-10-9-19-14(16-10)18-12-6-4-3-5-11(12)17-13(18)7-8-15/h3-6,9H,2,7-8,15H2,1H3. The van der Waals surface area contributed by atoms with Crippen LogP contribution >= 0.6 is 11.3 Å². The summed E-state index contributed by atoms with van der Waals surface area (Å²) in [5, 5.41) is 3.09.